The highest BCUT2D eigenvalue weighted by atomic mass is 19.1. The molecule has 0 aromatic carbocycles. The average molecular weight is 393 g/mol. The molecule has 0 saturated carbocycles. The molecule has 0 aliphatic heterocycles. The molecule has 0 aromatic heterocycles. The molecule has 0 rings (SSSR count). The third kappa shape index (κ3) is 13.0. The molecule has 1 amide bonds. The maximum absolute atomic E-state index is 12.8. The number of rotatable bonds is 8. The summed E-state index contributed by atoms with van der Waals surface area (Å²) in [6, 6.07) is -1.27. The standard InChI is InChI=1S/C18H33FN2O6/c1-17(2,3)26-14(22)11-13(20-16(24)27-18(4,5)6)15(23)25-10-9-21(7,8)12-19/h13H,9-12H2,1-8H3/p+1. The Bertz CT molecular complexity index is 493. The number of hydrogen-bond donors (Lipinski definition) is 1. The Hall–Kier alpha value is -1.90. The lowest BCUT2D eigenvalue weighted by molar-refractivity contribution is -0.902. The first-order chi connectivity index (χ1) is 12.0. The van der Waals surface area contributed by atoms with E-state index >= 15 is 0 Å². The van der Waals surface area contributed by atoms with Crippen LogP contribution in [0.15, 0.2) is 0 Å². The van der Waals surface area contributed by atoms with Gasteiger partial charge < -0.3 is 19.5 Å². The van der Waals surface area contributed by atoms with Crippen molar-refractivity contribution in [2.75, 3.05) is 34.0 Å². The zero-order valence-corrected chi connectivity index (χ0v) is 17.7. The number of ether oxygens (including phenoxy) is 3. The molecule has 0 bridgehead atoms. The van der Waals surface area contributed by atoms with Crippen molar-refractivity contribution in [3.63, 3.8) is 0 Å². The van der Waals surface area contributed by atoms with Crippen LogP contribution < -0.4 is 5.32 Å². The Morgan fingerprint density at radius 1 is 1.00 bits per heavy atom. The second-order valence-electron chi connectivity index (χ2n) is 8.94. The highest BCUT2D eigenvalue weighted by Crippen LogP contribution is 2.11. The quantitative estimate of drug-likeness (QED) is 0.294. The number of carbonyl (C=O) groups is 3. The lowest BCUT2D eigenvalue weighted by atomic mass is 10.1. The van der Waals surface area contributed by atoms with Crippen LogP contribution in [0.1, 0.15) is 48.0 Å². The number of nitrogens with zero attached hydrogens (tertiary/aromatic N) is 1. The molecule has 0 heterocycles. The summed E-state index contributed by atoms with van der Waals surface area (Å²) in [5, 5.41) is 2.34. The Labute approximate surface area is 160 Å². The van der Waals surface area contributed by atoms with Crippen LogP contribution in [0.3, 0.4) is 0 Å². The molecule has 1 unspecified atom stereocenters. The van der Waals surface area contributed by atoms with Crippen molar-refractivity contribution in [1.29, 1.82) is 0 Å². The van der Waals surface area contributed by atoms with Crippen molar-refractivity contribution in [3.8, 4) is 0 Å². The molecule has 27 heavy (non-hydrogen) atoms. The highest BCUT2D eigenvalue weighted by Gasteiger charge is 2.30. The fourth-order valence-corrected chi connectivity index (χ4v) is 1.75. The summed E-state index contributed by atoms with van der Waals surface area (Å²) in [5.74, 6) is -1.48. The van der Waals surface area contributed by atoms with Gasteiger partial charge in [0.1, 0.15) is 30.4 Å². The number of alkyl halides is 1. The third-order valence-electron chi connectivity index (χ3n) is 3.03. The molecule has 9 heteroatoms. The van der Waals surface area contributed by atoms with Gasteiger partial charge in [0.05, 0.1) is 20.5 Å². The number of esters is 2. The van der Waals surface area contributed by atoms with Crippen molar-refractivity contribution in [1.82, 2.24) is 5.32 Å². The number of alkyl carbamates (subject to hydrolysis) is 1. The van der Waals surface area contributed by atoms with Gasteiger partial charge in [0.2, 0.25) is 6.80 Å². The smallest absolute Gasteiger partial charge is 0.408 e. The van der Waals surface area contributed by atoms with Crippen LogP contribution in [0.5, 0.6) is 0 Å². The number of likely N-dealkylation sites (N-methyl/N-ethyl adjacent to an activating group) is 1. The van der Waals surface area contributed by atoms with Crippen LogP contribution in [0.2, 0.25) is 0 Å². The van der Waals surface area contributed by atoms with E-state index in [1.807, 2.05) is 0 Å². The topological polar surface area (TPSA) is 90.9 Å². The molecular weight excluding hydrogens is 359 g/mol. The van der Waals surface area contributed by atoms with Crippen LogP contribution >= 0.6 is 0 Å². The molecule has 0 saturated heterocycles. The summed E-state index contributed by atoms with van der Waals surface area (Å²) in [5.41, 5.74) is -1.51. The van der Waals surface area contributed by atoms with Crippen molar-refractivity contribution in [3.05, 3.63) is 0 Å². The lowest BCUT2D eigenvalue weighted by Crippen LogP contribution is -2.47. The molecule has 1 N–H and O–H groups in total. The van der Waals surface area contributed by atoms with E-state index in [2.05, 4.69) is 5.32 Å². The van der Waals surface area contributed by atoms with Crippen molar-refractivity contribution >= 4 is 18.0 Å². The number of quaternary nitrogens is 1. The van der Waals surface area contributed by atoms with E-state index in [4.69, 9.17) is 14.2 Å². The van der Waals surface area contributed by atoms with E-state index in [0.29, 0.717) is 0 Å². The largest absolute Gasteiger partial charge is 0.460 e. The normalized spacial score (nSPS) is 13.5. The molecule has 0 aliphatic carbocycles. The van der Waals surface area contributed by atoms with Gasteiger partial charge in [-0.3, -0.25) is 9.28 Å². The number of carbonyl (C=O) groups excluding carboxylic acids is 3. The van der Waals surface area contributed by atoms with Gasteiger partial charge in [0, 0.05) is 0 Å². The van der Waals surface area contributed by atoms with Gasteiger partial charge >= 0.3 is 18.0 Å². The number of amides is 1. The molecular formula is C18H34FN2O6+. The number of hydrogen-bond acceptors (Lipinski definition) is 6. The van der Waals surface area contributed by atoms with E-state index in [-0.39, 0.29) is 17.6 Å². The summed E-state index contributed by atoms with van der Waals surface area (Å²) in [6.45, 7) is 9.66. The van der Waals surface area contributed by atoms with Crippen LogP contribution in [0.4, 0.5) is 9.18 Å². The Kier molecular flexibility index (Phi) is 9.17. The van der Waals surface area contributed by atoms with Gasteiger partial charge in [0.15, 0.2) is 0 Å². The monoisotopic (exact) mass is 393 g/mol. The van der Waals surface area contributed by atoms with E-state index in [1.165, 1.54) is 0 Å². The SMILES string of the molecule is CC(C)(C)OC(=O)CC(NC(=O)OC(C)(C)C)C(=O)OCC[N+](C)(C)CF. The summed E-state index contributed by atoms with van der Waals surface area (Å²) in [7, 11) is 3.29. The molecule has 158 valence electrons. The first-order valence-electron chi connectivity index (χ1n) is 8.80. The van der Waals surface area contributed by atoms with Crippen molar-refractivity contribution in [2.45, 2.75) is 65.2 Å². The molecule has 0 aromatic rings. The van der Waals surface area contributed by atoms with Gasteiger partial charge in [-0.05, 0) is 41.5 Å². The molecule has 0 aliphatic rings. The van der Waals surface area contributed by atoms with Crippen LogP contribution in [-0.2, 0) is 23.8 Å². The Morgan fingerprint density at radius 3 is 1.96 bits per heavy atom. The van der Waals surface area contributed by atoms with Gasteiger partial charge in [0.25, 0.3) is 0 Å². The maximum Gasteiger partial charge on any atom is 0.408 e. The van der Waals surface area contributed by atoms with E-state index in [0.717, 1.165) is 0 Å². The molecule has 8 nitrogen and oxygen atoms in total. The van der Waals surface area contributed by atoms with E-state index in [1.54, 1.807) is 55.6 Å². The zero-order valence-electron chi connectivity index (χ0n) is 17.7. The third-order valence-corrected chi connectivity index (χ3v) is 3.03. The van der Waals surface area contributed by atoms with Crippen LogP contribution in [0.25, 0.3) is 0 Å². The molecule has 0 fully saturated rings. The van der Waals surface area contributed by atoms with Crippen LogP contribution in [-0.4, -0.2) is 73.8 Å². The van der Waals surface area contributed by atoms with Crippen molar-refractivity contribution in [2.24, 2.45) is 0 Å². The maximum atomic E-state index is 12.8. The minimum atomic E-state index is -1.27. The van der Waals surface area contributed by atoms with Gasteiger partial charge in [-0.2, -0.15) is 4.39 Å². The highest BCUT2D eigenvalue weighted by molar-refractivity contribution is 5.86. The number of halogens is 1. The van der Waals surface area contributed by atoms with Gasteiger partial charge in [-0.1, -0.05) is 0 Å². The summed E-state index contributed by atoms with van der Waals surface area (Å²) < 4.78 is 28.2. The Morgan fingerprint density at radius 2 is 1.52 bits per heavy atom. The minimum absolute atomic E-state index is 0.0174. The van der Waals surface area contributed by atoms with E-state index < -0.39 is 48.5 Å². The van der Waals surface area contributed by atoms with Crippen molar-refractivity contribution < 1.29 is 37.5 Å². The first kappa shape index (κ1) is 25.1. The van der Waals surface area contributed by atoms with Gasteiger partial charge in [-0.15, -0.1) is 0 Å². The summed E-state index contributed by atoms with van der Waals surface area (Å²) >= 11 is 0. The Balaban J connectivity index is 4.97. The predicted octanol–water partition coefficient (Wildman–Crippen LogP) is 2.16. The second-order valence-corrected chi connectivity index (χ2v) is 8.94. The fraction of sp³-hybridized carbons (Fsp3) is 0.833. The average Bonchev–Trinajstić information content (AvgIpc) is 2.42. The fourth-order valence-electron chi connectivity index (χ4n) is 1.75. The predicted molar refractivity (Wildman–Crippen MR) is 97.5 cm³/mol. The first-order valence-corrected chi connectivity index (χ1v) is 8.80. The minimum Gasteiger partial charge on any atom is -0.460 e. The lowest BCUT2D eigenvalue weighted by Gasteiger charge is -2.26. The molecule has 0 spiro atoms. The number of nitrogens with one attached hydrogen (secondary N) is 1. The molecule has 0 radical (unpaired) electrons. The summed E-state index contributed by atoms with van der Waals surface area (Å²) in [4.78, 5) is 36.3. The zero-order chi connectivity index (χ0) is 21.5. The van der Waals surface area contributed by atoms with Gasteiger partial charge in [-0.25, -0.2) is 9.59 Å². The van der Waals surface area contributed by atoms with E-state index in [9.17, 15) is 18.8 Å². The second kappa shape index (κ2) is 9.87. The summed E-state index contributed by atoms with van der Waals surface area (Å²) in [6.07, 6.45) is -1.26. The molecule has 1 atom stereocenters. The van der Waals surface area contributed by atoms with Crippen LogP contribution in [0, 0.1) is 0 Å².